The van der Waals surface area contributed by atoms with Crippen LogP contribution in [0.3, 0.4) is 0 Å². The smallest absolute Gasteiger partial charge is 0.251 e. The largest absolute Gasteiger partial charge is 0.343 e. The van der Waals surface area contributed by atoms with Crippen molar-refractivity contribution in [3.63, 3.8) is 0 Å². The standard InChI is InChI=1S/C32H50N4O3/c1-20(2)28(18-23(7)30(37)33-26-16-15-24-12-11-13-25(24)19-26)35(8)32(39)29(21(3)4)34-31(38)27-14-9-10-17-36(27)22(5)6/h15-16,18-22,27-29H,9-14,17H2,1-8H3,(H,33,37)(H,34,38)/t27?,28-,29+/m1/s1. The van der Waals surface area contributed by atoms with Gasteiger partial charge in [0, 0.05) is 24.4 Å². The summed E-state index contributed by atoms with van der Waals surface area (Å²) in [6, 6.07) is 5.30. The fourth-order valence-electron chi connectivity index (χ4n) is 5.95. The zero-order valence-electron chi connectivity index (χ0n) is 25.3. The molecule has 0 aromatic heterocycles. The van der Waals surface area contributed by atoms with E-state index in [0.29, 0.717) is 5.57 Å². The molecule has 0 spiro atoms. The molecule has 0 bridgehead atoms. The van der Waals surface area contributed by atoms with Crippen LogP contribution >= 0.6 is 0 Å². The van der Waals surface area contributed by atoms with Crippen molar-refractivity contribution in [1.82, 2.24) is 15.1 Å². The van der Waals surface area contributed by atoms with Crippen LogP contribution in [0.15, 0.2) is 29.8 Å². The third-order valence-electron chi connectivity index (χ3n) is 8.35. The van der Waals surface area contributed by atoms with Crippen LogP contribution in [0.5, 0.6) is 0 Å². The summed E-state index contributed by atoms with van der Waals surface area (Å²) >= 11 is 0. The average Bonchev–Trinajstić information content (AvgIpc) is 3.36. The van der Waals surface area contributed by atoms with Crippen LogP contribution in [-0.4, -0.2) is 65.3 Å². The summed E-state index contributed by atoms with van der Waals surface area (Å²) < 4.78 is 0. The van der Waals surface area contributed by atoms with Gasteiger partial charge in [-0.2, -0.15) is 0 Å². The molecule has 1 heterocycles. The van der Waals surface area contributed by atoms with Crippen molar-refractivity contribution in [2.45, 2.75) is 111 Å². The highest BCUT2D eigenvalue weighted by Gasteiger charge is 2.36. The summed E-state index contributed by atoms with van der Waals surface area (Å²) in [7, 11) is 1.78. The molecule has 3 atom stereocenters. The zero-order valence-corrected chi connectivity index (χ0v) is 25.3. The van der Waals surface area contributed by atoms with Gasteiger partial charge in [0.25, 0.3) is 5.91 Å². The molecule has 1 aromatic carbocycles. The van der Waals surface area contributed by atoms with Gasteiger partial charge in [0.1, 0.15) is 6.04 Å². The number of carbonyl (C=O) groups is 3. The van der Waals surface area contributed by atoms with Gasteiger partial charge in [-0.3, -0.25) is 19.3 Å². The maximum atomic E-state index is 13.8. The van der Waals surface area contributed by atoms with Crippen molar-refractivity contribution in [3.8, 4) is 0 Å². The van der Waals surface area contributed by atoms with Gasteiger partial charge >= 0.3 is 0 Å². The fourth-order valence-corrected chi connectivity index (χ4v) is 5.95. The van der Waals surface area contributed by atoms with Crippen molar-refractivity contribution in [1.29, 1.82) is 0 Å². The number of nitrogens with one attached hydrogen (secondary N) is 2. The molecule has 39 heavy (non-hydrogen) atoms. The molecule has 216 valence electrons. The molecule has 2 N–H and O–H groups in total. The normalized spacial score (nSPS) is 19.7. The average molecular weight is 539 g/mol. The third-order valence-corrected chi connectivity index (χ3v) is 8.35. The topological polar surface area (TPSA) is 81.8 Å². The first-order chi connectivity index (χ1) is 18.4. The highest BCUT2D eigenvalue weighted by molar-refractivity contribution is 6.03. The van der Waals surface area contributed by atoms with E-state index in [4.69, 9.17) is 0 Å². The molecule has 0 saturated carbocycles. The Morgan fingerprint density at radius 1 is 0.974 bits per heavy atom. The molecular formula is C32H50N4O3. The van der Waals surface area contributed by atoms with E-state index in [1.54, 1.807) is 18.9 Å². The Morgan fingerprint density at radius 2 is 1.67 bits per heavy atom. The number of likely N-dealkylation sites (N-methyl/N-ethyl adjacent to an activating group) is 1. The number of amides is 3. The number of piperidine rings is 1. The number of aryl methyl sites for hydroxylation is 2. The van der Waals surface area contributed by atoms with Crippen LogP contribution in [0.25, 0.3) is 0 Å². The van der Waals surface area contributed by atoms with Crippen LogP contribution in [0.4, 0.5) is 5.69 Å². The number of benzene rings is 1. The molecule has 1 fully saturated rings. The number of carbonyl (C=O) groups excluding carboxylic acids is 3. The van der Waals surface area contributed by atoms with Gasteiger partial charge in [-0.05, 0) is 94.5 Å². The Bertz CT molecular complexity index is 1060. The van der Waals surface area contributed by atoms with Crippen LogP contribution in [-0.2, 0) is 27.2 Å². The SMILES string of the molecule is CC(=C[C@H](C(C)C)N(C)C(=O)[C@@H](NC(=O)C1CCCCN1C(C)C)C(C)C)C(=O)Nc1ccc2c(c1)CCC2. The molecule has 7 nitrogen and oxygen atoms in total. The summed E-state index contributed by atoms with van der Waals surface area (Å²) in [6.45, 7) is 15.0. The second-order valence-corrected chi connectivity index (χ2v) is 12.4. The monoisotopic (exact) mass is 538 g/mol. The molecule has 2 aliphatic rings. The highest BCUT2D eigenvalue weighted by atomic mass is 16.2. The molecular weight excluding hydrogens is 488 g/mol. The molecule has 1 unspecified atom stereocenters. The molecule has 0 radical (unpaired) electrons. The van der Waals surface area contributed by atoms with E-state index in [9.17, 15) is 14.4 Å². The fraction of sp³-hybridized carbons (Fsp3) is 0.656. The Kier molecular flexibility index (Phi) is 10.8. The molecule has 1 aliphatic carbocycles. The van der Waals surface area contributed by atoms with Crippen LogP contribution in [0, 0.1) is 11.8 Å². The van der Waals surface area contributed by atoms with Gasteiger partial charge in [-0.25, -0.2) is 0 Å². The molecule has 7 heteroatoms. The maximum Gasteiger partial charge on any atom is 0.251 e. The lowest BCUT2D eigenvalue weighted by Crippen LogP contribution is -2.58. The van der Waals surface area contributed by atoms with Gasteiger partial charge in [0.15, 0.2) is 0 Å². The van der Waals surface area contributed by atoms with Crippen molar-refractivity contribution in [2.24, 2.45) is 11.8 Å². The highest BCUT2D eigenvalue weighted by Crippen LogP contribution is 2.26. The first-order valence-corrected chi connectivity index (χ1v) is 14.8. The summed E-state index contributed by atoms with van der Waals surface area (Å²) in [6.07, 6.45) is 8.14. The second kappa shape index (κ2) is 13.6. The lowest BCUT2D eigenvalue weighted by molar-refractivity contribution is -0.140. The number of hydrogen-bond donors (Lipinski definition) is 2. The van der Waals surface area contributed by atoms with Crippen LogP contribution in [0.2, 0.25) is 0 Å². The lowest BCUT2D eigenvalue weighted by Gasteiger charge is -2.39. The molecule has 1 aliphatic heterocycles. The van der Waals surface area contributed by atoms with Crippen molar-refractivity contribution in [3.05, 3.63) is 41.0 Å². The quantitative estimate of drug-likeness (QED) is 0.413. The summed E-state index contributed by atoms with van der Waals surface area (Å²) in [5, 5.41) is 6.13. The Morgan fingerprint density at radius 3 is 2.31 bits per heavy atom. The Labute approximate surface area is 235 Å². The van der Waals surface area contributed by atoms with E-state index in [1.807, 2.05) is 39.8 Å². The molecule has 1 saturated heterocycles. The minimum atomic E-state index is -0.631. The lowest BCUT2D eigenvalue weighted by atomic mass is 9.95. The predicted octanol–water partition coefficient (Wildman–Crippen LogP) is 4.95. The summed E-state index contributed by atoms with van der Waals surface area (Å²) in [5.74, 6) is -0.349. The third kappa shape index (κ3) is 7.71. The van der Waals surface area contributed by atoms with E-state index < -0.39 is 6.04 Å². The minimum Gasteiger partial charge on any atom is -0.343 e. The molecule has 1 aromatic rings. The van der Waals surface area contributed by atoms with Crippen molar-refractivity contribution < 1.29 is 14.4 Å². The van der Waals surface area contributed by atoms with E-state index in [-0.39, 0.29) is 47.7 Å². The first-order valence-electron chi connectivity index (χ1n) is 14.8. The van der Waals surface area contributed by atoms with Gasteiger partial charge in [0.2, 0.25) is 11.8 Å². The zero-order chi connectivity index (χ0) is 28.9. The number of hydrogen-bond acceptors (Lipinski definition) is 4. The van der Waals surface area contributed by atoms with E-state index in [2.05, 4.69) is 41.5 Å². The summed E-state index contributed by atoms with van der Waals surface area (Å²) in [5.41, 5.74) is 4.05. The van der Waals surface area contributed by atoms with E-state index >= 15 is 0 Å². The number of anilines is 1. The molecule has 3 amide bonds. The Hall–Kier alpha value is -2.67. The number of rotatable bonds is 10. The van der Waals surface area contributed by atoms with E-state index in [0.717, 1.165) is 50.8 Å². The number of likely N-dealkylation sites (tertiary alicyclic amines) is 1. The maximum absolute atomic E-state index is 13.8. The predicted molar refractivity (Wildman–Crippen MR) is 158 cm³/mol. The van der Waals surface area contributed by atoms with Crippen molar-refractivity contribution >= 4 is 23.4 Å². The van der Waals surface area contributed by atoms with Gasteiger partial charge in [-0.15, -0.1) is 0 Å². The number of fused-ring (bicyclic) bond motifs is 1. The van der Waals surface area contributed by atoms with E-state index in [1.165, 1.54) is 11.1 Å². The van der Waals surface area contributed by atoms with Crippen LogP contribution in [0.1, 0.15) is 85.3 Å². The molecule has 3 rings (SSSR count). The minimum absolute atomic E-state index is 0.0645. The Balaban J connectivity index is 1.72. The first kappa shape index (κ1) is 30.9. The van der Waals surface area contributed by atoms with Crippen molar-refractivity contribution in [2.75, 3.05) is 18.9 Å². The van der Waals surface area contributed by atoms with Gasteiger partial charge in [0.05, 0.1) is 12.1 Å². The summed E-state index contributed by atoms with van der Waals surface area (Å²) in [4.78, 5) is 44.2. The van der Waals surface area contributed by atoms with Gasteiger partial charge < -0.3 is 15.5 Å². The number of nitrogens with zero attached hydrogens (tertiary/aromatic N) is 2. The van der Waals surface area contributed by atoms with Gasteiger partial charge in [-0.1, -0.05) is 46.3 Å². The van der Waals surface area contributed by atoms with Crippen LogP contribution < -0.4 is 10.6 Å². The second-order valence-electron chi connectivity index (χ2n) is 12.4.